The second-order valence-electron chi connectivity index (χ2n) is 4.57. The lowest BCUT2D eigenvalue weighted by Crippen LogP contribution is -2.23. The van der Waals surface area contributed by atoms with E-state index in [0.717, 1.165) is 6.07 Å². The molecule has 1 atom stereocenters. The van der Waals surface area contributed by atoms with E-state index >= 15 is 0 Å². The predicted octanol–water partition coefficient (Wildman–Crippen LogP) is -0.256. The van der Waals surface area contributed by atoms with Crippen LogP contribution in [0.15, 0.2) is 15.3 Å². The molecule has 1 aliphatic rings. The van der Waals surface area contributed by atoms with Gasteiger partial charge in [0.05, 0.1) is 12.5 Å². The number of hydrogen-bond donors (Lipinski definition) is 3. The van der Waals surface area contributed by atoms with Crippen LogP contribution in [-0.2, 0) is 17.9 Å². The van der Waals surface area contributed by atoms with Crippen molar-refractivity contribution in [3.8, 4) is 5.75 Å². The van der Waals surface area contributed by atoms with E-state index in [1.165, 1.54) is 0 Å². The molecule has 0 bridgehead atoms. The Balaban J connectivity index is 2.14. The fourth-order valence-electron chi connectivity index (χ4n) is 2.15. The van der Waals surface area contributed by atoms with Crippen LogP contribution in [0.4, 0.5) is 0 Å². The lowest BCUT2D eigenvalue weighted by molar-refractivity contribution is -0.141. The van der Waals surface area contributed by atoms with Crippen molar-refractivity contribution in [3.05, 3.63) is 27.8 Å². The zero-order valence-electron chi connectivity index (χ0n) is 10.2. The number of aliphatic hydroxyl groups excluding tert-OH is 1. The van der Waals surface area contributed by atoms with E-state index in [9.17, 15) is 14.7 Å². The van der Waals surface area contributed by atoms with Gasteiger partial charge in [-0.3, -0.25) is 14.5 Å². The van der Waals surface area contributed by atoms with Crippen LogP contribution in [0.1, 0.15) is 17.9 Å². The van der Waals surface area contributed by atoms with Crippen LogP contribution in [-0.4, -0.2) is 39.3 Å². The number of likely N-dealkylation sites (tertiary alicyclic amines) is 1. The first-order chi connectivity index (χ1) is 9.01. The molecule has 1 aromatic heterocycles. The van der Waals surface area contributed by atoms with Crippen LogP contribution >= 0.6 is 0 Å². The van der Waals surface area contributed by atoms with Gasteiger partial charge in [0.1, 0.15) is 12.4 Å². The summed E-state index contributed by atoms with van der Waals surface area (Å²) in [5.74, 6) is -1.64. The minimum absolute atomic E-state index is 0.0580. The summed E-state index contributed by atoms with van der Waals surface area (Å²) in [4.78, 5) is 24.1. The number of rotatable bonds is 4. The van der Waals surface area contributed by atoms with Crippen LogP contribution in [0.25, 0.3) is 0 Å². The van der Waals surface area contributed by atoms with Crippen molar-refractivity contribution < 1.29 is 24.5 Å². The molecule has 3 N–H and O–H groups in total. The van der Waals surface area contributed by atoms with Gasteiger partial charge in [-0.25, -0.2) is 0 Å². The van der Waals surface area contributed by atoms with Gasteiger partial charge in [0.25, 0.3) is 0 Å². The molecule has 2 heterocycles. The molecule has 1 saturated heterocycles. The van der Waals surface area contributed by atoms with E-state index in [1.807, 2.05) is 0 Å². The van der Waals surface area contributed by atoms with Crippen molar-refractivity contribution in [1.29, 1.82) is 0 Å². The molecule has 0 spiro atoms. The van der Waals surface area contributed by atoms with Gasteiger partial charge in [0.2, 0.25) is 11.2 Å². The molecule has 104 valence electrons. The lowest BCUT2D eigenvalue weighted by atomic mass is 10.1. The zero-order valence-corrected chi connectivity index (χ0v) is 10.2. The fourth-order valence-corrected chi connectivity index (χ4v) is 2.15. The smallest absolute Gasteiger partial charge is 0.307 e. The van der Waals surface area contributed by atoms with E-state index in [1.54, 1.807) is 4.90 Å². The summed E-state index contributed by atoms with van der Waals surface area (Å²) in [6, 6.07) is 1.03. The summed E-state index contributed by atoms with van der Waals surface area (Å²) in [6.07, 6.45) is 0.528. The molecule has 7 heteroatoms. The highest BCUT2D eigenvalue weighted by Gasteiger charge is 2.29. The van der Waals surface area contributed by atoms with Gasteiger partial charge in [0, 0.05) is 12.6 Å². The van der Waals surface area contributed by atoms with Gasteiger partial charge in [-0.2, -0.15) is 0 Å². The van der Waals surface area contributed by atoms with Crippen LogP contribution in [0.3, 0.4) is 0 Å². The molecule has 0 aliphatic carbocycles. The Hall–Kier alpha value is -1.86. The molecule has 0 radical (unpaired) electrons. The molecule has 0 amide bonds. The second-order valence-corrected chi connectivity index (χ2v) is 4.57. The Labute approximate surface area is 108 Å². The highest BCUT2D eigenvalue weighted by Crippen LogP contribution is 2.22. The van der Waals surface area contributed by atoms with Crippen molar-refractivity contribution in [3.63, 3.8) is 0 Å². The number of carbonyl (C=O) groups is 1. The Morgan fingerprint density at radius 3 is 2.84 bits per heavy atom. The van der Waals surface area contributed by atoms with Gasteiger partial charge in [-0.15, -0.1) is 0 Å². The van der Waals surface area contributed by atoms with E-state index in [2.05, 4.69) is 0 Å². The number of carboxylic acids is 1. The van der Waals surface area contributed by atoms with Crippen LogP contribution in [0, 0.1) is 5.92 Å². The SMILES string of the molecule is O=C(O)C1CCN(Cc2oc(CO)cc(=O)c2O)C1. The predicted molar refractivity (Wildman–Crippen MR) is 63.6 cm³/mol. The van der Waals surface area contributed by atoms with Gasteiger partial charge in [-0.05, 0) is 13.0 Å². The van der Waals surface area contributed by atoms with Gasteiger partial charge >= 0.3 is 5.97 Å². The van der Waals surface area contributed by atoms with Crippen LogP contribution in [0.5, 0.6) is 5.75 Å². The normalized spacial score (nSPS) is 19.7. The second kappa shape index (κ2) is 5.41. The number of aromatic hydroxyl groups is 1. The molecule has 19 heavy (non-hydrogen) atoms. The third kappa shape index (κ3) is 2.94. The average Bonchev–Trinajstić information content (AvgIpc) is 2.83. The third-order valence-corrected chi connectivity index (χ3v) is 3.19. The molecule has 0 saturated carbocycles. The van der Waals surface area contributed by atoms with Crippen molar-refractivity contribution >= 4 is 5.97 Å². The standard InChI is InChI=1S/C12H15NO6/c14-6-8-3-9(15)11(16)10(19-8)5-13-2-1-7(4-13)12(17)18/h3,7,14,16H,1-2,4-6H2,(H,17,18). The quantitative estimate of drug-likeness (QED) is 0.690. The van der Waals surface area contributed by atoms with Gasteiger partial charge in [0.15, 0.2) is 5.76 Å². The minimum Gasteiger partial charge on any atom is -0.502 e. The first kappa shape index (κ1) is 13.6. The van der Waals surface area contributed by atoms with Crippen LogP contribution < -0.4 is 5.43 Å². The molecule has 2 rings (SSSR count). The first-order valence-corrected chi connectivity index (χ1v) is 5.92. The summed E-state index contributed by atoms with van der Waals surface area (Å²) >= 11 is 0. The number of aliphatic hydroxyl groups is 1. The van der Waals surface area contributed by atoms with Crippen molar-refractivity contribution in [2.24, 2.45) is 5.92 Å². The average molecular weight is 269 g/mol. The molecular weight excluding hydrogens is 254 g/mol. The number of aliphatic carboxylic acids is 1. The van der Waals surface area contributed by atoms with E-state index in [0.29, 0.717) is 19.5 Å². The molecule has 1 fully saturated rings. The summed E-state index contributed by atoms with van der Waals surface area (Å²) in [6.45, 7) is 0.629. The molecule has 0 aromatic carbocycles. The third-order valence-electron chi connectivity index (χ3n) is 3.19. The lowest BCUT2D eigenvalue weighted by Gasteiger charge is -2.15. The summed E-state index contributed by atoms with van der Waals surface area (Å²) in [5, 5.41) is 27.5. The highest BCUT2D eigenvalue weighted by atomic mass is 16.4. The zero-order chi connectivity index (χ0) is 14.0. The number of carboxylic acid groups (broad SMARTS) is 1. The molecule has 1 aliphatic heterocycles. The molecule has 1 aromatic rings. The van der Waals surface area contributed by atoms with E-state index < -0.39 is 29.7 Å². The molecular formula is C12H15NO6. The summed E-state index contributed by atoms with van der Waals surface area (Å²) < 4.78 is 5.21. The first-order valence-electron chi connectivity index (χ1n) is 5.92. The fraction of sp³-hybridized carbons (Fsp3) is 0.500. The summed E-state index contributed by atoms with van der Waals surface area (Å²) in [5.41, 5.74) is -0.612. The molecule has 1 unspecified atom stereocenters. The van der Waals surface area contributed by atoms with Crippen molar-refractivity contribution in [2.45, 2.75) is 19.6 Å². The van der Waals surface area contributed by atoms with Crippen LogP contribution in [0.2, 0.25) is 0 Å². The maximum absolute atomic E-state index is 11.4. The van der Waals surface area contributed by atoms with Crippen molar-refractivity contribution in [2.75, 3.05) is 13.1 Å². The largest absolute Gasteiger partial charge is 0.502 e. The Bertz CT molecular complexity index is 538. The number of hydrogen-bond acceptors (Lipinski definition) is 6. The maximum Gasteiger partial charge on any atom is 0.307 e. The Morgan fingerprint density at radius 2 is 2.26 bits per heavy atom. The maximum atomic E-state index is 11.4. The summed E-state index contributed by atoms with van der Waals surface area (Å²) in [7, 11) is 0. The molecule has 7 nitrogen and oxygen atoms in total. The Morgan fingerprint density at radius 1 is 1.53 bits per heavy atom. The van der Waals surface area contributed by atoms with E-state index in [4.69, 9.17) is 14.6 Å². The van der Waals surface area contributed by atoms with Gasteiger partial charge in [-0.1, -0.05) is 0 Å². The monoisotopic (exact) mass is 269 g/mol. The van der Waals surface area contributed by atoms with E-state index in [-0.39, 0.29) is 18.1 Å². The van der Waals surface area contributed by atoms with Gasteiger partial charge < -0.3 is 19.7 Å². The Kier molecular flexibility index (Phi) is 3.87. The number of nitrogens with zero attached hydrogens (tertiary/aromatic N) is 1. The minimum atomic E-state index is -0.850. The highest BCUT2D eigenvalue weighted by molar-refractivity contribution is 5.70. The topological polar surface area (TPSA) is 111 Å². The van der Waals surface area contributed by atoms with Crippen molar-refractivity contribution in [1.82, 2.24) is 4.90 Å².